The molecule has 0 aromatic heterocycles. The van der Waals surface area contributed by atoms with Crippen LogP contribution in [0.15, 0.2) is 0 Å². The van der Waals surface area contributed by atoms with Gasteiger partial charge in [0.1, 0.15) is 0 Å². The van der Waals surface area contributed by atoms with E-state index in [1.807, 2.05) is 7.05 Å². The van der Waals surface area contributed by atoms with E-state index in [4.69, 9.17) is 0 Å². The molecule has 0 N–H and O–H groups in total. The van der Waals surface area contributed by atoms with Gasteiger partial charge in [-0.3, -0.25) is 9.36 Å². The first kappa shape index (κ1) is 13.6. The van der Waals surface area contributed by atoms with E-state index in [-0.39, 0.29) is 0 Å². The van der Waals surface area contributed by atoms with Gasteiger partial charge in [0, 0.05) is 20.0 Å². The molecule has 1 aliphatic rings. The van der Waals surface area contributed by atoms with Crippen LogP contribution in [0.4, 0.5) is 0 Å². The first-order valence-electron chi connectivity index (χ1n) is 3.73. The molecule has 0 aromatic rings. The van der Waals surface area contributed by atoms with Crippen LogP contribution in [0, 0.1) is 0 Å². The highest BCUT2D eigenvalue weighted by Crippen LogP contribution is 2.61. The highest BCUT2D eigenvalue weighted by atomic mass is 36.0. The lowest BCUT2D eigenvalue weighted by molar-refractivity contribution is -0.131. The molecule has 1 aliphatic heterocycles. The van der Waals surface area contributed by atoms with Crippen molar-refractivity contribution in [1.29, 1.82) is 0 Å². The summed E-state index contributed by atoms with van der Waals surface area (Å²) in [6, 6.07) is 0. The molecule has 0 spiro atoms. The predicted octanol–water partition coefficient (Wildman–Crippen LogP) is 3.44. The number of likely N-dealkylation sites (tertiary alicyclic amines) is 1. The summed E-state index contributed by atoms with van der Waals surface area (Å²) in [6.07, 6.45) is 3.03. The van der Waals surface area contributed by atoms with Gasteiger partial charge >= 0.3 is 5.20 Å². The molecule has 1 fully saturated rings. The van der Waals surface area contributed by atoms with Crippen molar-refractivity contribution in [2.75, 3.05) is 13.6 Å². The van der Waals surface area contributed by atoms with Gasteiger partial charge in [-0.05, 0) is 46.6 Å². The van der Waals surface area contributed by atoms with E-state index >= 15 is 0 Å². The summed E-state index contributed by atoms with van der Waals surface area (Å²) >= 11 is 13.8. The number of halogens is 3. The van der Waals surface area contributed by atoms with Crippen molar-refractivity contribution in [2.24, 2.45) is 0 Å². The van der Waals surface area contributed by atoms with Crippen molar-refractivity contribution < 1.29 is 9.36 Å². The number of carbonyl (C=O) groups is 1. The van der Waals surface area contributed by atoms with Gasteiger partial charge in [-0.1, -0.05) is 0 Å². The lowest BCUT2D eigenvalue weighted by Crippen LogP contribution is -2.31. The summed E-state index contributed by atoms with van der Waals surface area (Å²) in [5, 5.41) is -3.22. The highest BCUT2D eigenvalue weighted by molar-refractivity contribution is 8.24. The lowest BCUT2D eigenvalue weighted by atomic mass is 10.1. The number of hydrogen-bond donors (Lipinski definition) is 0. The Morgan fingerprint density at radius 1 is 1.31 bits per heavy atom. The summed E-state index contributed by atoms with van der Waals surface area (Å²) in [5.74, 6) is 0.302. The van der Waals surface area contributed by atoms with Gasteiger partial charge in [-0.25, -0.2) is 0 Å². The van der Waals surface area contributed by atoms with Crippen LogP contribution in [0.1, 0.15) is 19.3 Å². The number of rotatable bonds is 0. The van der Waals surface area contributed by atoms with E-state index in [9.17, 15) is 9.36 Å². The van der Waals surface area contributed by atoms with Crippen molar-refractivity contribution in [3.8, 4) is 0 Å². The third-order valence-corrected chi connectivity index (χ3v) is 1.56. The van der Waals surface area contributed by atoms with Gasteiger partial charge in [-0.15, -0.1) is 0 Å². The van der Waals surface area contributed by atoms with Crippen LogP contribution in [-0.2, 0) is 9.36 Å². The van der Waals surface area contributed by atoms with E-state index in [1.165, 1.54) is 6.42 Å². The molecule has 1 rings (SSSR count). The Bertz CT molecular complexity index is 210. The van der Waals surface area contributed by atoms with Gasteiger partial charge in [-0.2, -0.15) is 0 Å². The summed E-state index contributed by atoms with van der Waals surface area (Å²) in [7, 11) is 1.86. The maximum Gasteiger partial charge on any atom is 0.339 e. The minimum atomic E-state index is -3.22. The molecular formula is C6H11Cl3NO2P. The molecule has 0 bridgehead atoms. The molecule has 0 saturated carbocycles. The van der Waals surface area contributed by atoms with Crippen LogP contribution in [0.3, 0.4) is 0 Å². The fraction of sp³-hybridized carbons (Fsp3) is 0.833. The van der Waals surface area contributed by atoms with Crippen LogP contribution in [-0.4, -0.2) is 24.4 Å². The SMILES string of the molecule is CN1CCCCC1=O.O=P(Cl)(Cl)Cl. The second kappa shape index (κ2) is 6.13. The summed E-state index contributed by atoms with van der Waals surface area (Å²) in [5.41, 5.74) is 0. The summed E-state index contributed by atoms with van der Waals surface area (Å²) in [6.45, 7) is 0.957. The topological polar surface area (TPSA) is 37.4 Å². The van der Waals surface area contributed by atoms with Crippen LogP contribution in [0.25, 0.3) is 0 Å². The zero-order valence-corrected chi connectivity index (χ0v) is 10.3. The zero-order chi connectivity index (χ0) is 10.5. The fourth-order valence-electron chi connectivity index (χ4n) is 0.941. The number of piperidine rings is 1. The lowest BCUT2D eigenvalue weighted by Gasteiger charge is -2.21. The molecule has 7 heteroatoms. The largest absolute Gasteiger partial charge is 0.346 e. The van der Waals surface area contributed by atoms with Crippen molar-refractivity contribution in [1.82, 2.24) is 4.90 Å². The van der Waals surface area contributed by atoms with Crippen molar-refractivity contribution in [3.05, 3.63) is 0 Å². The Labute approximate surface area is 92.1 Å². The molecular weight excluding hydrogens is 255 g/mol. The third kappa shape index (κ3) is 10.5. The first-order valence-corrected chi connectivity index (χ1v) is 8.16. The second-order valence-corrected chi connectivity index (χ2v) is 9.31. The number of carbonyl (C=O) groups excluding carboxylic acids is 1. The van der Waals surface area contributed by atoms with E-state index < -0.39 is 5.20 Å². The van der Waals surface area contributed by atoms with E-state index in [2.05, 4.69) is 33.7 Å². The van der Waals surface area contributed by atoms with Gasteiger partial charge in [0.25, 0.3) is 0 Å². The fourth-order valence-corrected chi connectivity index (χ4v) is 0.941. The Morgan fingerprint density at radius 3 is 2.00 bits per heavy atom. The highest BCUT2D eigenvalue weighted by Gasteiger charge is 2.12. The number of nitrogens with zero attached hydrogens (tertiary/aromatic N) is 1. The molecule has 0 atom stereocenters. The number of hydrogen-bond acceptors (Lipinski definition) is 2. The normalized spacial score (nSPS) is 17.8. The average molecular weight is 266 g/mol. The third-order valence-electron chi connectivity index (χ3n) is 1.56. The van der Waals surface area contributed by atoms with Crippen molar-refractivity contribution in [2.45, 2.75) is 19.3 Å². The standard InChI is InChI=1S/C6H11NO.Cl3OP/c1-7-5-3-2-4-6(7)8;1-5(2,3)4/h2-5H2,1H3;. The Balaban J connectivity index is 0.000000252. The molecule has 0 unspecified atom stereocenters. The predicted molar refractivity (Wildman–Crippen MR) is 56.7 cm³/mol. The molecule has 1 amide bonds. The molecule has 78 valence electrons. The average Bonchev–Trinajstić information content (AvgIpc) is 1.92. The second-order valence-electron chi connectivity index (χ2n) is 2.67. The van der Waals surface area contributed by atoms with Gasteiger partial charge in [0.15, 0.2) is 0 Å². The Morgan fingerprint density at radius 2 is 1.77 bits per heavy atom. The van der Waals surface area contributed by atoms with E-state index in [0.29, 0.717) is 5.91 Å². The first-order chi connectivity index (χ1) is 5.80. The molecule has 1 saturated heterocycles. The summed E-state index contributed by atoms with van der Waals surface area (Å²) < 4.78 is 9.51. The smallest absolute Gasteiger partial charge is 0.339 e. The van der Waals surface area contributed by atoms with Crippen LogP contribution < -0.4 is 0 Å². The molecule has 3 nitrogen and oxygen atoms in total. The Hall–Kier alpha value is 0.570. The monoisotopic (exact) mass is 265 g/mol. The van der Waals surface area contributed by atoms with E-state index in [0.717, 1.165) is 19.4 Å². The molecule has 0 aliphatic carbocycles. The van der Waals surface area contributed by atoms with Crippen LogP contribution in [0.5, 0.6) is 0 Å². The van der Waals surface area contributed by atoms with E-state index in [1.54, 1.807) is 4.90 Å². The van der Waals surface area contributed by atoms with Crippen molar-refractivity contribution >= 4 is 44.8 Å². The maximum absolute atomic E-state index is 10.7. The van der Waals surface area contributed by atoms with Crippen LogP contribution >= 0.6 is 38.9 Å². The van der Waals surface area contributed by atoms with Gasteiger partial charge in [0.05, 0.1) is 0 Å². The van der Waals surface area contributed by atoms with Crippen molar-refractivity contribution in [3.63, 3.8) is 0 Å². The molecule has 0 radical (unpaired) electrons. The van der Waals surface area contributed by atoms with Gasteiger partial charge < -0.3 is 4.90 Å². The molecule has 1 heterocycles. The summed E-state index contributed by atoms with van der Waals surface area (Å²) in [4.78, 5) is 12.5. The molecule has 0 aromatic carbocycles. The quantitative estimate of drug-likeness (QED) is 0.630. The number of amides is 1. The van der Waals surface area contributed by atoms with Crippen LogP contribution in [0.2, 0.25) is 0 Å². The molecule has 13 heavy (non-hydrogen) atoms. The minimum Gasteiger partial charge on any atom is -0.346 e. The maximum atomic E-state index is 10.7. The minimum absolute atomic E-state index is 0.302. The zero-order valence-electron chi connectivity index (χ0n) is 7.17. The van der Waals surface area contributed by atoms with Gasteiger partial charge in [0.2, 0.25) is 5.91 Å². The Kier molecular flexibility index (Phi) is 6.40.